The van der Waals surface area contributed by atoms with Gasteiger partial charge in [-0.3, -0.25) is 14.4 Å². The first-order valence-corrected chi connectivity index (χ1v) is 14.2. The number of aromatic nitrogens is 2. The lowest BCUT2D eigenvalue weighted by atomic mass is 9.75. The third-order valence-electron chi connectivity index (χ3n) is 8.09. The summed E-state index contributed by atoms with van der Waals surface area (Å²) in [5.74, 6) is -0.255. The molecular formula is C31H36ClN5O5. The average molecular weight is 594 g/mol. The van der Waals surface area contributed by atoms with Crippen LogP contribution in [0.15, 0.2) is 52.3 Å². The third kappa shape index (κ3) is 6.21. The second kappa shape index (κ2) is 12.0. The van der Waals surface area contributed by atoms with Crippen molar-refractivity contribution >= 4 is 23.4 Å². The number of ether oxygens (including phenoxy) is 2. The molecule has 42 heavy (non-hydrogen) atoms. The Bertz CT molecular complexity index is 1540. The number of nitriles is 1. The van der Waals surface area contributed by atoms with Crippen LogP contribution >= 0.6 is 11.6 Å². The van der Waals surface area contributed by atoms with E-state index in [1.54, 1.807) is 18.7 Å². The zero-order valence-corrected chi connectivity index (χ0v) is 25.4. The number of amides is 2. The van der Waals surface area contributed by atoms with Crippen LogP contribution in [0.3, 0.4) is 0 Å². The number of H-pyrrole nitrogens is 1. The second-order valence-corrected chi connectivity index (χ2v) is 12.1. The molecule has 2 aliphatic rings. The van der Waals surface area contributed by atoms with Crippen molar-refractivity contribution in [2.24, 2.45) is 10.8 Å². The summed E-state index contributed by atoms with van der Waals surface area (Å²) >= 11 is 6.38. The number of aryl methyl sites for hydroxylation is 1. The van der Waals surface area contributed by atoms with Gasteiger partial charge in [0.2, 0.25) is 5.91 Å². The molecule has 2 amide bonds. The van der Waals surface area contributed by atoms with Gasteiger partial charge in [-0.05, 0) is 71.2 Å². The van der Waals surface area contributed by atoms with Crippen molar-refractivity contribution in [1.29, 1.82) is 5.26 Å². The van der Waals surface area contributed by atoms with Gasteiger partial charge in [-0.15, -0.1) is 0 Å². The molecule has 1 aliphatic heterocycles. The number of carbonyl (C=O) groups is 2. The van der Waals surface area contributed by atoms with Gasteiger partial charge in [-0.25, -0.2) is 5.10 Å². The van der Waals surface area contributed by atoms with Crippen LogP contribution in [-0.2, 0) is 4.79 Å². The molecule has 1 fully saturated rings. The lowest BCUT2D eigenvalue weighted by molar-refractivity contribution is -0.139. The standard InChI is InChI=1S/C31H36ClN5O5/c1-18-14-24(28(39)36-35-18)42-22-10-9-20(15-23(22)41-6)27(38)34-19(2)29(40)37-25(30(3,4)17-33)11-12-26(37)31(5)13-7-8-21(32)16-31/h7-10,14-16,19,25-26H,11-13H2,1-6H3,(H,34,38)(H,36,39)/t19-,25-,26+,31?/m1/s1. The highest BCUT2D eigenvalue weighted by Gasteiger charge is 2.51. The minimum absolute atomic E-state index is 0.0329. The van der Waals surface area contributed by atoms with Crippen molar-refractivity contribution in [2.45, 2.75) is 72.0 Å². The number of hydrogen-bond donors (Lipinski definition) is 2. The fourth-order valence-electron chi connectivity index (χ4n) is 5.76. The second-order valence-electron chi connectivity index (χ2n) is 11.7. The van der Waals surface area contributed by atoms with Crippen LogP contribution in [0.2, 0.25) is 0 Å². The van der Waals surface area contributed by atoms with Crippen molar-refractivity contribution in [3.8, 4) is 23.3 Å². The average Bonchev–Trinajstić information content (AvgIpc) is 3.42. The quantitative estimate of drug-likeness (QED) is 0.439. The van der Waals surface area contributed by atoms with Crippen molar-refractivity contribution < 1.29 is 19.1 Å². The van der Waals surface area contributed by atoms with Crippen LogP contribution < -0.4 is 20.3 Å². The maximum absolute atomic E-state index is 14.0. The smallest absolute Gasteiger partial charge is 0.307 e. The van der Waals surface area contributed by atoms with E-state index in [1.165, 1.54) is 31.4 Å². The van der Waals surface area contributed by atoms with Gasteiger partial charge in [0.05, 0.1) is 30.3 Å². The Hall–Kier alpha value is -4.10. The number of carbonyl (C=O) groups excluding carboxylic acids is 2. The van der Waals surface area contributed by atoms with Gasteiger partial charge in [-0.1, -0.05) is 30.7 Å². The summed E-state index contributed by atoms with van der Waals surface area (Å²) in [6.07, 6.45) is 7.93. The fourth-order valence-corrected chi connectivity index (χ4v) is 6.10. The molecule has 4 rings (SSSR count). The topological polar surface area (TPSA) is 137 Å². The molecule has 0 bridgehead atoms. The van der Waals surface area contributed by atoms with Crippen LogP contribution in [-0.4, -0.2) is 52.1 Å². The van der Waals surface area contributed by atoms with Crippen LogP contribution in [0.1, 0.15) is 63.0 Å². The number of likely N-dealkylation sites (tertiary alicyclic amines) is 1. The molecular weight excluding hydrogens is 558 g/mol. The van der Waals surface area contributed by atoms with Crippen LogP contribution in [0, 0.1) is 29.1 Å². The number of rotatable bonds is 8. The van der Waals surface area contributed by atoms with Crippen molar-refractivity contribution in [1.82, 2.24) is 20.4 Å². The molecule has 1 aromatic heterocycles. The Morgan fingerprint density at radius 1 is 1.26 bits per heavy atom. The van der Waals surface area contributed by atoms with Gasteiger partial charge in [0.25, 0.3) is 5.91 Å². The maximum atomic E-state index is 14.0. The molecule has 1 saturated heterocycles. The predicted molar refractivity (Wildman–Crippen MR) is 158 cm³/mol. The Kier molecular flexibility index (Phi) is 8.83. The number of hydrogen-bond acceptors (Lipinski definition) is 7. The highest BCUT2D eigenvalue weighted by molar-refractivity contribution is 6.31. The normalized spacial score (nSPS) is 22.6. The Morgan fingerprint density at radius 3 is 2.67 bits per heavy atom. The Labute approximate surface area is 250 Å². The van der Waals surface area contributed by atoms with E-state index in [-0.39, 0.29) is 40.8 Å². The van der Waals surface area contributed by atoms with Gasteiger partial charge < -0.3 is 19.7 Å². The Balaban J connectivity index is 1.56. The van der Waals surface area contributed by atoms with E-state index in [0.717, 1.165) is 0 Å². The number of methoxy groups -OCH3 is 1. The van der Waals surface area contributed by atoms with E-state index in [4.69, 9.17) is 21.1 Å². The van der Waals surface area contributed by atoms with Crippen molar-refractivity contribution in [3.05, 3.63) is 69.1 Å². The minimum Gasteiger partial charge on any atom is -0.493 e. The van der Waals surface area contributed by atoms with E-state index >= 15 is 0 Å². The van der Waals surface area contributed by atoms with E-state index in [9.17, 15) is 19.6 Å². The third-order valence-corrected chi connectivity index (χ3v) is 8.32. The lowest BCUT2D eigenvalue weighted by Gasteiger charge is -2.44. The van der Waals surface area contributed by atoms with Gasteiger partial charge in [-0.2, -0.15) is 10.4 Å². The van der Waals surface area contributed by atoms with E-state index in [2.05, 4.69) is 28.5 Å². The van der Waals surface area contributed by atoms with Gasteiger partial charge >= 0.3 is 5.56 Å². The van der Waals surface area contributed by atoms with E-state index < -0.39 is 28.3 Å². The minimum atomic E-state index is -0.877. The maximum Gasteiger partial charge on any atom is 0.307 e. The van der Waals surface area contributed by atoms with Gasteiger partial charge in [0, 0.05) is 28.1 Å². The van der Waals surface area contributed by atoms with Gasteiger partial charge in [0.1, 0.15) is 6.04 Å². The zero-order chi connectivity index (χ0) is 30.8. The first-order chi connectivity index (χ1) is 19.8. The number of nitrogens with zero attached hydrogens (tertiary/aromatic N) is 3. The monoisotopic (exact) mass is 593 g/mol. The molecule has 2 heterocycles. The molecule has 11 heteroatoms. The number of benzene rings is 1. The largest absolute Gasteiger partial charge is 0.493 e. The van der Waals surface area contributed by atoms with Crippen LogP contribution in [0.5, 0.6) is 17.2 Å². The molecule has 0 spiro atoms. The summed E-state index contributed by atoms with van der Waals surface area (Å²) in [6.45, 7) is 9.11. The first kappa shape index (κ1) is 30.8. The fraction of sp³-hybridized carbons (Fsp3) is 0.452. The highest BCUT2D eigenvalue weighted by atomic mass is 35.5. The molecule has 1 aromatic carbocycles. The van der Waals surface area contributed by atoms with Crippen LogP contribution in [0.25, 0.3) is 0 Å². The van der Waals surface area contributed by atoms with Crippen LogP contribution in [0.4, 0.5) is 0 Å². The number of halogens is 1. The summed E-state index contributed by atoms with van der Waals surface area (Å²) in [5.41, 5.74) is -0.910. The SMILES string of the molecule is COc1cc(C(=O)N[C@H](C)C(=O)N2[C@H](C3(C)C=C(Cl)C=CC3)CC[C@@H]2C(C)(C)C#N)ccc1Oc1cc(C)n[nH]c1=O. The first-order valence-electron chi connectivity index (χ1n) is 13.8. The summed E-state index contributed by atoms with van der Waals surface area (Å²) in [6, 6.07) is 6.98. The molecule has 2 N–H and O–H groups in total. The van der Waals surface area contributed by atoms with Crippen molar-refractivity contribution in [3.63, 3.8) is 0 Å². The number of nitrogens with one attached hydrogen (secondary N) is 2. The predicted octanol–water partition coefficient (Wildman–Crippen LogP) is 5.00. The summed E-state index contributed by atoms with van der Waals surface area (Å²) < 4.78 is 11.1. The Morgan fingerprint density at radius 2 is 2.00 bits per heavy atom. The molecule has 0 saturated carbocycles. The summed E-state index contributed by atoms with van der Waals surface area (Å²) in [5, 5.41) is 19.6. The van der Waals surface area contributed by atoms with Gasteiger partial charge in [0.15, 0.2) is 17.2 Å². The van der Waals surface area contributed by atoms with E-state index in [1.807, 2.05) is 32.1 Å². The molecule has 10 nitrogen and oxygen atoms in total. The molecule has 4 atom stereocenters. The molecule has 0 radical (unpaired) electrons. The number of aromatic amines is 1. The summed E-state index contributed by atoms with van der Waals surface area (Å²) in [4.78, 5) is 41.3. The molecule has 222 valence electrons. The highest BCUT2D eigenvalue weighted by Crippen LogP contribution is 2.47. The lowest BCUT2D eigenvalue weighted by Crippen LogP contribution is -2.57. The molecule has 1 unspecified atom stereocenters. The number of allylic oxidation sites excluding steroid dienone is 3. The van der Waals surface area contributed by atoms with E-state index in [0.29, 0.717) is 30.0 Å². The molecule has 1 aliphatic carbocycles. The van der Waals surface area contributed by atoms with Crippen molar-refractivity contribution in [2.75, 3.05) is 7.11 Å². The summed E-state index contributed by atoms with van der Waals surface area (Å²) in [7, 11) is 1.42. The zero-order valence-electron chi connectivity index (χ0n) is 24.7. The molecule has 2 aromatic rings.